The molecule has 0 bridgehead atoms. The van der Waals surface area contributed by atoms with Crippen LogP contribution in [0.1, 0.15) is 36.6 Å². The summed E-state index contributed by atoms with van der Waals surface area (Å²) in [5, 5.41) is 25.0. The molecule has 1 unspecified atom stereocenters. The number of nitrogens with zero attached hydrogens (tertiary/aromatic N) is 7. The van der Waals surface area contributed by atoms with Gasteiger partial charge in [-0.15, -0.1) is 5.10 Å². The molecule has 36 heavy (non-hydrogen) atoms. The Balaban J connectivity index is 1.55. The zero-order chi connectivity index (χ0) is 25.5. The first-order valence-corrected chi connectivity index (χ1v) is 12.1. The van der Waals surface area contributed by atoms with E-state index in [0.717, 1.165) is 30.5 Å². The Labute approximate surface area is 213 Å². The third-order valence-corrected chi connectivity index (χ3v) is 6.12. The van der Waals surface area contributed by atoms with Crippen molar-refractivity contribution in [1.82, 2.24) is 34.7 Å². The number of halogens is 3. The lowest BCUT2D eigenvalue weighted by Gasteiger charge is -2.34. The SMILES string of the molecule is CCCCN(Cc1cn(Cc2ccc(Cl)cc2)nn1)CC(O)(Cn1cncn1)c1ccc(F)cc1F. The summed E-state index contributed by atoms with van der Waals surface area (Å²) in [5.41, 5.74) is 0.0427. The highest BCUT2D eigenvalue weighted by Crippen LogP contribution is 2.28. The van der Waals surface area contributed by atoms with Crippen LogP contribution in [0.3, 0.4) is 0 Å². The monoisotopic (exact) mass is 515 g/mol. The van der Waals surface area contributed by atoms with E-state index in [9.17, 15) is 13.9 Å². The normalized spacial score (nSPS) is 13.3. The average Bonchev–Trinajstić information content (AvgIpc) is 3.51. The van der Waals surface area contributed by atoms with Gasteiger partial charge >= 0.3 is 0 Å². The van der Waals surface area contributed by atoms with Gasteiger partial charge < -0.3 is 5.11 Å². The first-order valence-electron chi connectivity index (χ1n) is 11.7. The fourth-order valence-corrected chi connectivity index (χ4v) is 4.26. The predicted molar refractivity (Wildman–Crippen MR) is 131 cm³/mol. The maximum absolute atomic E-state index is 14.8. The van der Waals surface area contributed by atoms with Crippen LogP contribution in [0.2, 0.25) is 5.02 Å². The molecule has 4 aromatic rings. The van der Waals surface area contributed by atoms with Gasteiger partial charge in [-0.3, -0.25) is 4.90 Å². The molecule has 1 atom stereocenters. The summed E-state index contributed by atoms with van der Waals surface area (Å²) in [6.07, 6.45) is 6.44. The molecular weight excluding hydrogens is 488 g/mol. The number of rotatable bonds is 12. The molecule has 0 aliphatic heterocycles. The first-order chi connectivity index (χ1) is 17.3. The summed E-state index contributed by atoms with van der Waals surface area (Å²) >= 11 is 5.97. The molecule has 0 fully saturated rings. The minimum atomic E-state index is -1.70. The van der Waals surface area contributed by atoms with Crippen LogP contribution in [0, 0.1) is 11.6 Å². The molecule has 4 rings (SSSR count). The second-order valence-electron chi connectivity index (χ2n) is 8.85. The topological polar surface area (TPSA) is 84.9 Å². The number of benzene rings is 2. The van der Waals surface area contributed by atoms with Crippen molar-refractivity contribution in [3.05, 3.63) is 94.8 Å². The Morgan fingerprint density at radius 2 is 1.92 bits per heavy atom. The predicted octanol–water partition coefficient (Wildman–Crippen LogP) is 4.04. The van der Waals surface area contributed by atoms with E-state index in [0.29, 0.717) is 30.4 Å². The van der Waals surface area contributed by atoms with Crippen molar-refractivity contribution in [2.24, 2.45) is 0 Å². The van der Waals surface area contributed by atoms with Crippen molar-refractivity contribution >= 4 is 11.6 Å². The number of aromatic nitrogens is 6. The molecule has 0 amide bonds. The summed E-state index contributed by atoms with van der Waals surface area (Å²) in [6, 6.07) is 10.7. The summed E-state index contributed by atoms with van der Waals surface area (Å²) in [6.45, 7) is 3.66. The highest BCUT2D eigenvalue weighted by Gasteiger charge is 2.35. The fourth-order valence-electron chi connectivity index (χ4n) is 4.13. The summed E-state index contributed by atoms with van der Waals surface area (Å²) in [7, 11) is 0. The van der Waals surface area contributed by atoms with Gasteiger partial charge in [0.25, 0.3) is 0 Å². The van der Waals surface area contributed by atoms with Crippen LogP contribution < -0.4 is 0 Å². The highest BCUT2D eigenvalue weighted by molar-refractivity contribution is 6.30. The van der Waals surface area contributed by atoms with E-state index >= 15 is 0 Å². The minimum Gasteiger partial charge on any atom is -0.382 e. The van der Waals surface area contributed by atoms with Gasteiger partial charge in [0.15, 0.2) is 0 Å². The molecule has 0 saturated heterocycles. The van der Waals surface area contributed by atoms with Gasteiger partial charge in [0, 0.05) is 29.7 Å². The van der Waals surface area contributed by atoms with Gasteiger partial charge in [-0.25, -0.2) is 23.1 Å². The van der Waals surface area contributed by atoms with Gasteiger partial charge in [-0.1, -0.05) is 48.4 Å². The molecule has 0 aliphatic carbocycles. The van der Waals surface area contributed by atoms with Crippen molar-refractivity contribution in [1.29, 1.82) is 0 Å². The summed E-state index contributed by atoms with van der Waals surface area (Å²) < 4.78 is 31.6. The van der Waals surface area contributed by atoms with E-state index in [1.807, 2.05) is 35.4 Å². The Bertz CT molecular complexity index is 1250. The zero-order valence-electron chi connectivity index (χ0n) is 19.9. The van der Waals surface area contributed by atoms with E-state index in [1.54, 1.807) is 4.68 Å². The molecule has 0 aliphatic rings. The Morgan fingerprint density at radius 3 is 2.61 bits per heavy atom. The lowest BCUT2D eigenvalue weighted by molar-refractivity contribution is -0.0242. The Morgan fingerprint density at radius 1 is 1.11 bits per heavy atom. The number of aliphatic hydroxyl groups is 1. The highest BCUT2D eigenvalue weighted by atomic mass is 35.5. The van der Waals surface area contributed by atoms with Crippen LogP contribution >= 0.6 is 11.6 Å². The largest absolute Gasteiger partial charge is 0.382 e. The van der Waals surface area contributed by atoms with Gasteiger partial charge in [0.05, 0.1) is 25.0 Å². The van der Waals surface area contributed by atoms with Gasteiger partial charge in [0.1, 0.15) is 29.9 Å². The third-order valence-electron chi connectivity index (χ3n) is 5.87. The van der Waals surface area contributed by atoms with Crippen LogP contribution in [0.5, 0.6) is 0 Å². The van der Waals surface area contributed by atoms with Crippen molar-refractivity contribution in [3.63, 3.8) is 0 Å². The van der Waals surface area contributed by atoms with E-state index in [2.05, 4.69) is 27.3 Å². The first kappa shape index (κ1) is 25.9. The molecule has 0 spiro atoms. The maximum Gasteiger partial charge on any atom is 0.137 e. The smallest absolute Gasteiger partial charge is 0.137 e. The average molecular weight is 516 g/mol. The minimum absolute atomic E-state index is 0.00714. The molecule has 2 aromatic heterocycles. The quantitative estimate of drug-likeness (QED) is 0.306. The zero-order valence-corrected chi connectivity index (χ0v) is 20.7. The van der Waals surface area contributed by atoms with Gasteiger partial charge in [-0.05, 0) is 36.7 Å². The van der Waals surface area contributed by atoms with Crippen LogP contribution in [-0.4, -0.2) is 52.9 Å². The molecule has 2 heterocycles. The lowest BCUT2D eigenvalue weighted by atomic mass is 9.92. The van der Waals surface area contributed by atoms with E-state index in [4.69, 9.17) is 11.6 Å². The number of unbranched alkanes of at least 4 members (excludes halogenated alkanes) is 1. The maximum atomic E-state index is 14.8. The van der Waals surface area contributed by atoms with Crippen LogP contribution in [0.4, 0.5) is 8.78 Å². The number of hydrogen-bond donors (Lipinski definition) is 1. The van der Waals surface area contributed by atoms with E-state index < -0.39 is 17.2 Å². The van der Waals surface area contributed by atoms with Crippen molar-refractivity contribution in [2.45, 2.75) is 45.0 Å². The third kappa shape index (κ3) is 6.71. The molecule has 2 aromatic carbocycles. The van der Waals surface area contributed by atoms with Gasteiger partial charge in [0.2, 0.25) is 0 Å². The fraction of sp³-hybridized carbons (Fsp3) is 0.360. The summed E-state index contributed by atoms with van der Waals surface area (Å²) in [5.74, 6) is -1.53. The Kier molecular flexibility index (Phi) is 8.40. The molecule has 1 N–H and O–H groups in total. The van der Waals surface area contributed by atoms with Crippen LogP contribution in [0.25, 0.3) is 0 Å². The summed E-state index contributed by atoms with van der Waals surface area (Å²) in [4.78, 5) is 5.92. The molecule has 11 heteroatoms. The lowest BCUT2D eigenvalue weighted by Crippen LogP contribution is -2.45. The second kappa shape index (κ2) is 11.7. The molecule has 0 saturated carbocycles. The molecular formula is C25H28ClF2N7O. The van der Waals surface area contributed by atoms with Crippen molar-refractivity contribution in [3.8, 4) is 0 Å². The Hall–Kier alpha value is -3.21. The van der Waals surface area contributed by atoms with E-state index in [1.165, 1.54) is 23.4 Å². The van der Waals surface area contributed by atoms with Crippen molar-refractivity contribution in [2.75, 3.05) is 13.1 Å². The van der Waals surface area contributed by atoms with Crippen LogP contribution in [-0.2, 0) is 25.2 Å². The molecule has 8 nitrogen and oxygen atoms in total. The van der Waals surface area contributed by atoms with Crippen molar-refractivity contribution < 1.29 is 13.9 Å². The molecule has 0 radical (unpaired) electrons. The second-order valence-corrected chi connectivity index (χ2v) is 9.28. The number of hydrogen-bond acceptors (Lipinski definition) is 6. The van der Waals surface area contributed by atoms with E-state index in [-0.39, 0.29) is 18.7 Å². The van der Waals surface area contributed by atoms with Crippen LogP contribution in [0.15, 0.2) is 61.3 Å². The van der Waals surface area contributed by atoms with Gasteiger partial charge in [-0.2, -0.15) is 5.10 Å². The standard InChI is InChI=1S/C25H28ClF2N7O/c1-2-3-10-33(13-22-14-34(32-31-22)12-19-4-6-20(26)7-5-19)15-25(36,16-35-18-29-17-30-35)23-9-8-21(27)11-24(23)28/h4-9,11,14,17-18,36H,2-3,10,12-13,15-16H2,1H3. The molecule has 190 valence electrons.